The van der Waals surface area contributed by atoms with Crippen LogP contribution in [0, 0.1) is 0 Å². The zero-order chi connectivity index (χ0) is 16.7. The van der Waals surface area contributed by atoms with Crippen molar-refractivity contribution in [3.8, 4) is 0 Å². The summed E-state index contributed by atoms with van der Waals surface area (Å²) in [6.07, 6.45) is 6.31. The third kappa shape index (κ3) is 4.31. The highest BCUT2D eigenvalue weighted by Crippen LogP contribution is 2.20. The number of unbranched alkanes of at least 4 members (excludes halogenated alkanes) is 3. The number of imidazole rings is 1. The summed E-state index contributed by atoms with van der Waals surface area (Å²) >= 11 is 0. The topological polar surface area (TPSA) is 72.7 Å². The van der Waals surface area contributed by atoms with Crippen LogP contribution in [0.15, 0.2) is 24.4 Å². The minimum Gasteiger partial charge on any atom is -0.461 e. The van der Waals surface area contributed by atoms with E-state index in [0.29, 0.717) is 17.9 Å². The average molecular weight is 317 g/mol. The Morgan fingerprint density at radius 1 is 1.22 bits per heavy atom. The van der Waals surface area contributed by atoms with Crippen LogP contribution >= 0.6 is 0 Å². The van der Waals surface area contributed by atoms with E-state index in [1.165, 1.54) is 0 Å². The number of hydrogen-bond acceptors (Lipinski definition) is 4. The Labute approximate surface area is 135 Å². The lowest BCUT2D eigenvalue weighted by Gasteiger charge is -2.07. The molecule has 0 unspecified atom stereocenters. The van der Waals surface area contributed by atoms with Crippen LogP contribution in [-0.4, -0.2) is 27.9 Å². The van der Waals surface area contributed by atoms with Crippen molar-refractivity contribution < 1.29 is 14.3 Å². The van der Waals surface area contributed by atoms with Crippen LogP contribution in [-0.2, 0) is 9.53 Å². The summed E-state index contributed by atoms with van der Waals surface area (Å²) in [6.45, 7) is 4.13. The number of carbonyl (C=O) groups excluding carboxylic acids is 2. The summed E-state index contributed by atoms with van der Waals surface area (Å²) in [5.41, 5.74) is 0.733. The molecule has 1 N–H and O–H groups in total. The van der Waals surface area contributed by atoms with Gasteiger partial charge in [-0.05, 0) is 25.5 Å². The van der Waals surface area contributed by atoms with Crippen LogP contribution in [0.2, 0.25) is 0 Å². The number of hydrogen-bond donors (Lipinski definition) is 1. The Morgan fingerprint density at radius 2 is 2.04 bits per heavy atom. The number of ether oxygens (including phenoxy) is 1. The smallest absolute Gasteiger partial charge is 0.360 e. The van der Waals surface area contributed by atoms with E-state index in [1.807, 2.05) is 12.1 Å². The normalized spacial score (nSPS) is 10.7. The predicted molar refractivity (Wildman–Crippen MR) is 88.5 cm³/mol. The number of fused-ring (bicyclic) bond motifs is 1. The van der Waals surface area contributed by atoms with Crippen molar-refractivity contribution in [3.05, 3.63) is 30.1 Å². The molecule has 6 heteroatoms. The maximum absolute atomic E-state index is 12.1. The number of rotatable bonds is 8. The molecule has 0 aliphatic rings. The molecule has 0 aliphatic carbocycles. The number of carbonyl (C=O) groups is 2. The van der Waals surface area contributed by atoms with Crippen molar-refractivity contribution in [1.82, 2.24) is 9.38 Å². The van der Waals surface area contributed by atoms with Gasteiger partial charge in [-0.2, -0.15) is 0 Å². The Hall–Kier alpha value is -2.37. The van der Waals surface area contributed by atoms with Gasteiger partial charge >= 0.3 is 5.97 Å². The van der Waals surface area contributed by atoms with Gasteiger partial charge in [0.05, 0.1) is 6.61 Å². The SMILES string of the molecule is CCCCCCC(=O)Nc1c(C(=O)OCC)nc2ccccn12. The van der Waals surface area contributed by atoms with E-state index in [1.54, 1.807) is 23.6 Å². The van der Waals surface area contributed by atoms with Crippen molar-refractivity contribution in [3.63, 3.8) is 0 Å². The van der Waals surface area contributed by atoms with Crippen LogP contribution in [0.1, 0.15) is 56.4 Å². The zero-order valence-corrected chi connectivity index (χ0v) is 13.7. The molecule has 0 saturated carbocycles. The molecular formula is C17H23N3O3. The standard InChI is InChI=1S/C17H23N3O3/c1-3-5-6-7-11-14(21)19-16-15(17(22)23-4-2)18-13-10-8-9-12-20(13)16/h8-10,12H,3-7,11H2,1-2H3,(H,19,21). The summed E-state index contributed by atoms with van der Waals surface area (Å²) in [4.78, 5) is 28.5. The van der Waals surface area contributed by atoms with Crippen molar-refractivity contribution in [1.29, 1.82) is 0 Å². The van der Waals surface area contributed by atoms with E-state index in [2.05, 4.69) is 17.2 Å². The molecule has 0 atom stereocenters. The lowest BCUT2D eigenvalue weighted by Crippen LogP contribution is -2.16. The van der Waals surface area contributed by atoms with Gasteiger partial charge in [0, 0.05) is 12.6 Å². The summed E-state index contributed by atoms with van der Waals surface area (Å²) in [5.74, 6) is -0.269. The lowest BCUT2D eigenvalue weighted by atomic mass is 10.1. The lowest BCUT2D eigenvalue weighted by molar-refractivity contribution is -0.116. The molecule has 0 fully saturated rings. The van der Waals surface area contributed by atoms with Crippen molar-refractivity contribution >= 4 is 23.3 Å². The Morgan fingerprint density at radius 3 is 2.78 bits per heavy atom. The molecule has 6 nitrogen and oxygen atoms in total. The number of aromatic nitrogens is 2. The van der Waals surface area contributed by atoms with E-state index in [-0.39, 0.29) is 18.2 Å². The third-order valence-electron chi connectivity index (χ3n) is 3.51. The van der Waals surface area contributed by atoms with Crippen LogP contribution < -0.4 is 5.32 Å². The van der Waals surface area contributed by atoms with E-state index in [9.17, 15) is 9.59 Å². The molecule has 0 aliphatic heterocycles. The molecular weight excluding hydrogens is 294 g/mol. The molecule has 0 saturated heterocycles. The molecule has 0 spiro atoms. The molecule has 0 aromatic carbocycles. The Bertz CT molecular complexity index is 679. The average Bonchev–Trinajstić information content (AvgIpc) is 2.91. The van der Waals surface area contributed by atoms with E-state index in [4.69, 9.17) is 4.74 Å². The van der Waals surface area contributed by atoms with Gasteiger partial charge < -0.3 is 10.1 Å². The van der Waals surface area contributed by atoms with Gasteiger partial charge in [-0.1, -0.05) is 32.3 Å². The molecule has 2 aromatic rings. The predicted octanol–water partition coefficient (Wildman–Crippen LogP) is 3.42. The number of anilines is 1. The minimum absolute atomic E-state index is 0.114. The van der Waals surface area contributed by atoms with Crippen LogP contribution in [0.5, 0.6) is 0 Å². The highest BCUT2D eigenvalue weighted by molar-refractivity contribution is 6.00. The number of pyridine rings is 1. The van der Waals surface area contributed by atoms with Crippen LogP contribution in [0.3, 0.4) is 0 Å². The molecule has 124 valence electrons. The summed E-state index contributed by atoms with van der Waals surface area (Å²) in [5, 5.41) is 2.81. The molecule has 23 heavy (non-hydrogen) atoms. The van der Waals surface area contributed by atoms with Crippen LogP contribution in [0.4, 0.5) is 5.82 Å². The van der Waals surface area contributed by atoms with Gasteiger partial charge in [-0.25, -0.2) is 9.78 Å². The van der Waals surface area contributed by atoms with Crippen molar-refractivity contribution in [2.75, 3.05) is 11.9 Å². The van der Waals surface area contributed by atoms with Crippen molar-refractivity contribution in [2.24, 2.45) is 0 Å². The second kappa shape index (κ2) is 8.31. The first-order valence-corrected chi connectivity index (χ1v) is 8.11. The van der Waals surface area contributed by atoms with Gasteiger partial charge in [0.1, 0.15) is 5.65 Å². The number of nitrogens with one attached hydrogen (secondary N) is 1. The summed E-state index contributed by atoms with van der Waals surface area (Å²) < 4.78 is 6.72. The van der Waals surface area contributed by atoms with Gasteiger partial charge in [0.2, 0.25) is 5.91 Å². The summed E-state index contributed by atoms with van der Waals surface area (Å²) in [7, 11) is 0. The van der Waals surface area contributed by atoms with Crippen molar-refractivity contribution in [2.45, 2.75) is 46.0 Å². The second-order valence-corrected chi connectivity index (χ2v) is 5.32. The van der Waals surface area contributed by atoms with Gasteiger partial charge in [0.25, 0.3) is 0 Å². The van der Waals surface area contributed by atoms with Gasteiger partial charge in [0.15, 0.2) is 11.5 Å². The molecule has 0 radical (unpaired) electrons. The first-order chi connectivity index (χ1) is 11.2. The quantitative estimate of drug-likeness (QED) is 0.598. The number of nitrogens with zero attached hydrogens (tertiary/aromatic N) is 2. The molecule has 2 rings (SSSR count). The molecule has 1 amide bonds. The van der Waals surface area contributed by atoms with E-state index in [0.717, 1.165) is 25.7 Å². The van der Waals surface area contributed by atoms with E-state index >= 15 is 0 Å². The molecule has 2 aromatic heterocycles. The second-order valence-electron chi connectivity index (χ2n) is 5.32. The Kier molecular flexibility index (Phi) is 6.14. The highest BCUT2D eigenvalue weighted by atomic mass is 16.5. The summed E-state index contributed by atoms with van der Waals surface area (Å²) in [6, 6.07) is 5.42. The zero-order valence-electron chi connectivity index (χ0n) is 13.7. The van der Waals surface area contributed by atoms with Gasteiger partial charge in [-0.3, -0.25) is 9.20 Å². The Balaban J connectivity index is 2.18. The largest absolute Gasteiger partial charge is 0.461 e. The van der Waals surface area contributed by atoms with E-state index < -0.39 is 5.97 Å². The fourth-order valence-electron chi connectivity index (χ4n) is 2.36. The molecule has 0 bridgehead atoms. The first-order valence-electron chi connectivity index (χ1n) is 8.11. The number of amides is 1. The maximum Gasteiger partial charge on any atom is 0.360 e. The first kappa shape index (κ1) is 17.0. The minimum atomic E-state index is -0.530. The van der Waals surface area contributed by atoms with Crippen LogP contribution in [0.25, 0.3) is 5.65 Å². The fraction of sp³-hybridized carbons (Fsp3) is 0.471. The monoisotopic (exact) mass is 317 g/mol. The highest BCUT2D eigenvalue weighted by Gasteiger charge is 2.21. The number of esters is 1. The maximum atomic E-state index is 12.1. The third-order valence-corrected chi connectivity index (χ3v) is 3.51. The molecule has 2 heterocycles. The fourth-order valence-corrected chi connectivity index (χ4v) is 2.36. The van der Waals surface area contributed by atoms with Gasteiger partial charge in [-0.15, -0.1) is 0 Å².